The first kappa shape index (κ1) is 16.6. The number of tetrazole rings is 1. The molecule has 0 fully saturated rings. The zero-order chi connectivity index (χ0) is 18.5. The van der Waals surface area contributed by atoms with Gasteiger partial charge in [0.25, 0.3) is 5.91 Å². The normalized spacial score (nSPS) is 12.0. The lowest BCUT2D eigenvalue weighted by molar-refractivity contribution is 0.0928. The molecule has 1 atom stereocenters. The fourth-order valence-electron chi connectivity index (χ4n) is 2.66. The van der Waals surface area contributed by atoms with E-state index in [1.54, 1.807) is 17.1 Å². The van der Waals surface area contributed by atoms with Gasteiger partial charge in [0.1, 0.15) is 24.7 Å². The van der Waals surface area contributed by atoms with Crippen LogP contribution in [0.4, 0.5) is 0 Å². The molecule has 4 aromatic rings. The molecule has 0 aliphatic heterocycles. The fourth-order valence-corrected chi connectivity index (χ4v) is 2.66. The molecule has 3 aromatic heterocycles. The van der Waals surface area contributed by atoms with E-state index in [2.05, 4.69) is 41.1 Å². The number of amides is 1. The number of hydrogen-bond donors (Lipinski definition) is 2. The number of nitrogens with one attached hydrogen (secondary N) is 2. The molecule has 0 aliphatic rings. The quantitative estimate of drug-likeness (QED) is 0.489. The van der Waals surface area contributed by atoms with Crippen molar-refractivity contribution in [2.75, 3.05) is 0 Å². The second kappa shape index (κ2) is 7.56. The Morgan fingerprint density at radius 1 is 1.22 bits per heavy atom. The molecule has 0 aliphatic carbocycles. The van der Waals surface area contributed by atoms with Crippen molar-refractivity contribution in [2.45, 2.75) is 19.0 Å². The van der Waals surface area contributed by atoms with Crippen molar-refractivity contribution in [1.82, 2.24) is 50.5 Å². The Bertz CT molecular complexity index is 978. The number of hydrogen-bond acceptors (Lipinski definition) is 7. The van der Waals surface area contributed by atoms with Gasteiger partial charge in [0.15, 0.2) is 5.82 Å². The standard InChI is InChI=1S/C16H16N10O/c27-16(14-8-15(22-21-14)26-11-18-23-24-26)20-13(12-4-2-1-3-5-12)6-7-25-10-17-9-19-25/h1-5,8-11,13H,6-7H2,(H,20,27)(H,21,22). The Labute approximate surface area is 153 Å². The second-order valence-corrected chi connectivity index (χ2v) is 5.78. The highest BCUT2D eigenvalue weighted by molar-refractivity contribution is 5.92. The molecule has 0 spiro atoms. The number of rotatable bonds is 7. The second-order valence-electron chi connectivity index (χ2n) is 5.78. The Morgan fingerprint density at radius 3 is 2.85 bits per heavy atom. The number of H-pyrrole nitrogens is 1. The summed E-state index contributed by atoms with van der Waals surface area (Å²) in [6.07, 6.45) is 5.20. The average molecular weight is 364 g/mol. The highest BCUT2D eigenvalue weighted by atomic mass is 16.2. The van der Waals surface area contributed by atoms with Gasteiger partial charge in [0.2, 0.25) is 0 Å². The summed E-state index contributed by atoms with van der Waals surface area (Å²) < 4.78 is 3.10. The van der Waals surface area contributed by atoms with E-state index in [1.165, 1.54) is 17.3 Å². The fraction of sp³-hybridized carbons (Fsp3) is 0.188. The summed E-state index contributed by atoms with van der Waals surface area (Å²) in [5.74, 6) is 0.165. The third-order valence-corrected chi connectivity index (χ3v) is 4.01. The van der Waals surface area contributed by atoms with E-state index in [0.717, 1.165) is 5.56 Å². The third kappa shape index (κ3) is 3.86. The summed E-state index contributed by atoms with van der Waals surface area (Å²) in [6, 6.07) is 11.2. The van der Waals surface area contributed by atoms with Gasteiger partial charge < -0.3 is 5.32 Å². The van der Waals surface area contributed by atoms with Gasteiger partial charge in [-0.2, -0.15) is 14.9 Å². The number of nitrogens with zero attached hydrogens (tertiary/aromatic N) is 8. The maximum atomic E-state index is 12.7. The van der Waals surface area contributed by atoms with Gasteiger partial charge in [0, 0.05) is 12.6 Å². The summed E-state index contributed by atoms with van der Waals surface area (Å²) >= 11 is 0. The van der Waals surface area contributed by atoms with Gasteiger partial charge in [-0.15, -0.1) is 5.10 Å². The molecule has 27 heavy (non-hydrogen) atoms. The molecular formula is C16H16N10O. The maximum Gasteiger partial charge on any atom is 0.269 e. The molecule has 1 aromatic carbocycles. The Hall–Kier alpha value is -3.89. The largest absolute Gasteiger partial charge is 0.344 e. The summed E-state index contributed by atoms with van der Waals surface area (Å²) in [5, 5.41) is 24.8. The minimum absolute atomic E-state index is 0.192. The number of aromatic nitrogens is 9. The van der Waals surface area contributed by atoms with E-state index >= 15 is 0 Å². The number of carbonyl (C=O) groups is 1. The molecule has 11 nitrogen and oxygen atoms in total. The van der Waals surface area contributed by atoms with Gasteiger partial charge >= 0.3 is 0 Å². The molecular weight excluding hydrogens is 348 g/mol. The smallest absolute Gasteiger partial charge is 0.269 e. The van der Waals surface area contributed by atoms with Crippen LogP contribution >= 0.6 is 0 Å². The lowest BCUT2D eigenvalue weighted by Crippen LogP contribution is -2.29. The highest BCUT2D eigenvalue weighted by Gasteiger charge is 2.18. The van der Waals surface area contributed by atoms with E-state index < -0.39 is 0 Å². The van der Waals surface area contributed by atoms with Crippen molar-refractivity contribution in [2.24, 2.45) is 0 Å². The topological polar surface area (TPSA) is 132 Å². The van der Waals surface area contributed by atoms with E-state index in [-0.39, 0.29) is 11.9 Å². The Kier molecular flexibility index (Phi) is 4.64. The van der Waals surface area contributed by atoms with Crippen molar-refractivity contribution in [1.29, 1.82) is 0 Å². The Balaban J connectivity index is 1.49. The Morgan fingerprint density at radius 2 is 2.11 bits per heavy atom. The van der Waals surface area contributed by atoms with Crippen LogP contribution in [-0.4, -0.2) is 51.1 Å². The first-order valence-corrected chi connectivity index (χ1v) is 8.26. The van der Waals surface area contributed by atoms with E-state index in [4.69, 9.17) is 0 Å². The van der Waals surface area contributed by atoms with Gasteiger partial charge in [-0.3, -0.25) is 14.6 Å². The molecule has 4 rings (SSSR count). The van der Waals surface area contributed by atoms with Crippen LogP contribution in [0.1, 0.15) is 28.5 Å². The van der Waals surface area contributed by atoms with Gasteiger partial charge in [-0.05, 0) is 22.4 Å². The van der Waals surface area contributed by atoms with Crippen LogP contribution in [0.2, 0.25) is 0 Å². The van der Waals surface area contributed by atoms with Crippen LogP contribution in [0.3, 0.4) is 0 Å². The van der Waals surface area contributed by atoms with Crippen LogP contribution in [0, 0.1) is 0 Å². The number of carbonyl (C=O) groups excluding carboxylic acids is 1. The summed E-state index contributed by atoms with van der Waals surface area (Å²) in [6.45, 7) is 0.624. The van der Waals surface area contributed by atoms with E-state index in [0.29, 0.717) is 24.5 Å². The van der Waals surface area contributed by atoms with E-state index in [9.17, 15) is 4.79 Å². The van der Waals surface area contributed by atoms with Gasteiger partial charge in [-0.1, -0.05) is 30.3 Å². The van der Waals surface area contributed by atoms with Crippen molar-refractivity contribution < 1.29 is 4.79 Å². The maximum absolute atomic E-state index is 12.7. The van der Waals surface area contributed by atoms with Crippen molar-refractivity contribution in [3.63, 3.8) is 0 Å². The molecule has 3 heterocycles. The molecule has 1 amide bonds. The van der Waals surface area contributed by atoms with E-state index in [1.807, 2.05) is 30.3 Å². The first-order valence-electron chi connectivity index (χ1n) is 8.26. The summed E-state index contributed by atoms with van der Waals surface area (Å²) in [4.78, 5) is 16.6. The third-order valence-electron chi connectivity index (χ3n) is 4.01. The minimum Gasteiger partial charge on any atom is -0.344 e. The zero-order valence-corrected chi connectivity index (χ0v) is 14.2. The SMILES string of the molecule is O=C(NC(CCn1cncn1)c1ccccc1)c1cc(-n2cnnn2)n[nH]1. The lowest BCUT2D eigenvalue weighted by Gasteiger charge is -2.18. The van der Waals surface area contributed by atoms with Crippen molar-refractivity contribution in [3.05, 3.63) is 66.6 Å². The van der Waals surface area contributed by atoms with Crippen LogP contribution in [0.5, 0.6) is 0 Å². The predicted octanol–water partition coefficient (Wildman–Crippen LogP) is 0.538. The van der Waals surface area contributed by atoms with Crippen LogP contribution < -0.4 is 5.32 Å². The molecule has 0 saturated heterocycles. The molecule has 2 N–H and O–H groups in total. The zero-order valence-electron chi connectivity index (χ0n) is 14.2. The van der Waals surface area contributed by atoms with Crippen molar-refractivity contribution >= 4 is 5.91 Å². The van der Waals surface area contributed by atoms with Crippen molar-refractivity contribution in [3.8, 4) is 5.82 Å². The minimum atomic E-state index is -0.269. The van der Waals surface area contributed by atoms with Gasteiger partial charge in [-0.25, -0.2) is 4.98 Å². The molecule has 136 valence electrons. The molecule has 0 bridgehead atoms. The molecule has 1 unspecified atom stereocenters. The molecule has 0 saturated carbocycles. The number of aryl methyl sites for hydroxylation is 1. The number of benzene rings is 1. The lowest BCUT2D eigenvalue weighted by atomic mass is 10.0. The molecule has 11 heteroatoms. The van der Waals surface area contributed by atoms with Crippen LogP contribution in [0.25, 0.3) is 5.82 Å². The highest BCUT2D eigenvalue weighted by Crippen LogP contribution is 2.18. The van der Waals surface area contributed by atoms with Crippen LogP contribution in [-0.2, 0) is 6.54 Å². The monoisotopic (exact) mass is 364 g/mol. The number of aromatic amines is 1. The average Bonchev–Trinajstić information content (AvgIpc) is 3.47. The summed E-state index contributed by atoms with van der Waals surface area (Å²) in [5.41, 5.74) is 1.33. The van der Waals surface area contributed by atoms with Gasteiger partial charge in [0.05, 0.1) is 6.04 Å². The first-order chi connectivity index (χ1) is 13.3. The van der Waals surface area contributed by atoms with Crippen LogP contribution in [0.15, 0.2) is 55.4 Å². The predicted molar refractivity (Wildman–Crippen MR) is 92.6 cm³/mol. The summed E-state index contributed by atoms with van der Waals surface area (Å²) in [7, 11) is 0. The molecule has 0 radical (unpaired) electrons.